The number of rotatable bonds is 6. The van der Waals surface area contributed by atoms with Crippen LogP contribution in [0.15, 0.2) is 59.4 Å². The molecule has 8 nitrogen and oxygen atoms in total. The van der Waals surface area contributed by atoms with Crippen LogP contribution in [0.3, 0.4) is 0 Å². The van der Waals surface area contributed by atoms with Crippen molar-refractivity contribution < 1.29 is 9.53 Å². The van der Waals surface area contributed by atoms with E-state index < -0.39 is 5.60 Å². The Labute approximate surface area is 219 Å². The molecule has 9 heteroatoms. The van der Waals surface area contributed by atoms with E-state index in [0.29, 0.717) is 30.1 Å². The molecule has 2 aliphatic carbocycles. The van der Waals surface area contributed by atoms with E-state index in [1.165, 1.54) is 10.6 Å². The van der Waals surface area contributed by atoms with Crippen LogP contribution in [0.2, 0.25) is 5.02 Å². The van der Waals surface area contributed by atoms with Gasteiger partial charge >= 0.3 is 0 Å². The van der Waals surface area contributed by atoms with Crippen molar-refractivity contribution in [3.05, 3.63) is 86.8 Å². The molecule has 1 saturated carbocycles. The van der Waals surface area contributed by atoms with E-state index >= 15 is 0 Å². The zero-order valence-electron chi connectivity index (χ0n) is 20.4. The van der Waals surface area contributed by atoms with Gasteiger partial charge in [0.2, 0.25) is 5.78 Å². The Morgan fingerprint density at radius 1 is 1.14 bits per heavy atom. The lowest BCUT2D eigenvalue weighted by atomic mass is 9.83. The number of fused-ring (bicyclic) bond motifs is 2. The summed E-state index contributed by atoms with van der Waals surface area (Å²) in [7, 11) is 0. The molecule has 2 aromatic carbocycles. The van der Waals surface area contributed by atoms with Gasteiger partial charge in [-0.05, 0) is 42.9 Å². The van der Waals surface area contributed by atoms with Crippen LogP contribution in [0.25, 0.3) is 17.2 Å². The first-order valence-corrected chi connectivity index (χ1v) is 13.2. The van der Waals surface area contributed by atoms with Crippen LogP contribution in [0.1, 0.15) is 61.4 Å². The van der Waals surface area contributed by atoms with Crippen molar-refractivity contribution in [2.75, 3.05) is 0 Å². The van der Waals surface area contributed by atoms with Gasteiger partial charge in [0.25, 0.3) is 11.5 Å². The Morgan fingerprint density at radius 2 is 1.95 bits per heavy atom. The quantitative estimate of drug-likeness (QED) is 0.384. The molecule has 2 heterocycles. The van der Waals surface area contributed by atoms with Gasteiger partial charge < -0.3 is 15.0 Å². The Kier molecular flexibility index (Phi) is 6.30. The number of benzene rings is 2. The van der Waals surface area contributed by atoms with Crippen molar-refractivity contribution in [2.45, 2.75) is 63.2 Å². The van der Waals surface area contributed by atoms with E-state index in [1.54, 1.807) is 0 Å². The number of hydrogen-bond acceptors (Lipinski definition) is 5. The topological polar surface area (TPSA) is 101 Å². The summed E-state index contributed by atoms with van der Waals surface area (Å²) in [5.74, 6) is 0.709. The minimum Gasteiger partial charge on any atom is -0.359 e. The maximum atomic E-state index is 13.7. The fourth-order valence-electron chi connectivity index (χ4n) is 5.55. The summed E-state index contributed by atoms with van der Waals surface area (Å²) in [4.78, 5) is 34.1. The molecular weight excluding hydrogens is 490 g/mol. The molecule has 0 saturated heterocycles. The first-order valence-electron chi connectivity index (χ1n) is 12.8. The predicted molar refractivity (Wildman–Crippen MR) is 140 cm³/mol. The van der Waals surface area contributed by atoms with Crippen molar-refractivity contribution in [3.63, 3.8) is 0 Å². The van der Waals surface area contributed by atoms with E-state index in [4.69, 9.17) is 16.3 Å². The molecule has 2 aliphatic rings. The standard InChI is InChI=1S/C28H28ClN5O3/c29-22-11-7-10-21-20(22)12-13-23(21)31-26(36)28(14-5-2-6-15-28)37-17-19-16-24(35)34-27(30-19)32-25(33-34)18-8-3-1-4-9-18/h1,3-4,7-11,16,23H,2,5-6,12-15,17H2,(H,31,36)(H,30,32,33). The summed E-state index contributed by atoms with van der Waals surface area (Å²) < 4.78 is 7.62. The normalized spacial score (nSPS) is 18.6. The molecule has 0 radical (unpaired) electrons. The van der Waals surface area contributed by atoms with Crippen LogP contribution in [0.5, 0.6) is 0 Å². The number of amides is 1. The number of ether oxygens (including phenoxy) is 1. The fourth-order valence-corrected chi connectivity index (χ4v) is 5.83. The average molecular weight is 518 g/mol. The SMILES string of the molecule is O=C(NC1CCc2c(Cl)cccc21)C1(OCc2cc(=O)n3nc(-c4ccccc4)nc3[nH]2)CCCCC1. The zero-order valence-corrected chi connectivity index (χ0v) is 21.1. The smallest absolute Gasteiger partial charge is 0.275 e. The molecule has 4 aromatic rings. The number of hydrogen-bond donors (Lipinski definition) is 2. The summed E-state index contributed by atoms with van der Waals surface area (Å²) in [6, 6.07) is 16.7. The number of aromatic amines is 1. The van der Waals surface area contributed by atoms with Crippen LogP contribution in [0, 0.1) is 0 Å². The van der Waals surface area contributed by atoms with Gasteiger partial charge in [-0.3, -0.25) is 9.59 Å². The van der Waals surface area contributed by atoms with Gasteiger partial charge in [-0.25, -0.2) is 0 Å². The second kappa shape index (κ2) is 9.76. The van der Waals surface area contributed by atoms with E-state index in [1.807, 2.05) is 48.5 Å². The van der Waals surface area contributed by atoms with Gasteiger partial charge in [0, 0.05) is 22.3 Å². The lowest BCUT2D eigenvalue weighted by Crippen LogP contribution is -2.50. The summed E-state index contributed by atoms with van der Waals surface area (Å²) in [5, 5.41) is 8.35. The molecule has 190 valence electrons. The largest absolute Gasteiger partial charge is 0.359 e. The predicted octanol–water partition coefficient (Wildman–Crippen LogP) is 4.76. The second-order valence-corrected chi connectivity index (χ2v) is 10.3. The number of carbonyl (C=O) groups excluding carboxylic acids is 1. The van der Waals surface area contributed by atoms with Crippen molar-refractivity contribution in [1.82, 2.24) is 24.9 Å². The molecule has 2 N–H and O–H groups in total. The first kappa shape index (κ1) is 23.9. The summed E-state index contributed by atoms with van der Waals surface area (Å²) >= 11 is 6.38. The lowest BCUT2D eigenvalue weighted by molar-refractivity contribution is -0.155. The molecule has 1 unspecified atom stereocenters. The van der Waals surface area contributed by atoms with E-state index in [2.05, 4.69) is 20.4 Å². The monoisotopic (exact) mass is 517 g/mol. The van der Waals surface area contributed by atoms with Crippen LogP contribution in [-0.2, 0) is 22.6 Å². The van der Waals surface area contributed by atoms with Crippen molar-refractivity contribution in [2.24, 2.45) is 0 Å². The van der Waals surface area contributed by atoms with Crippen LogP contribution >= 0.6 is 11.6 Å². The van der Waals surface area contributed by atoms with Gasteiger partial charge in [-0.1, -0.05) is 73.3 Å². The number of H-pyrrole nitrogens is 1. The number of halogens is 1. The molecule has 2 aromatic heterocycles. The number of nitrogens with one attached hydrogen (secondary N) is 2. The van der Waals surface area contributed by atoms with E-state index in [-0.39, 0.29) is 24.1 Å². The molecule has 6 rings (SSSR count). The third-order valence-corrected chi connectivity index (χ3v) is 7.87. The molecule has 0 bridgehead atoms. The van der Waals surface area contributed by atoms with Crippen molar-refractivity contribution in [3.8, 4) is 11.4 Å². The summed E-state index contributed by atoms with van der Waals surface area (Å²) in [6.07, 6.45) is 5.86. The Bertz CT molecular complexity index is 1510. The van der Waals surface area contributed by atoms with Crippen LogP contribution < -0.4 is 10.9 Å². The highest BCUT2D eigenvalue weighted by atomic mass is 35.5. The molecule has 1 atom stereocenters. The third-order valence-electron chi connectivity index (χ3n) is 7.52. The van der Waals surface area contributed by atoms with Gasteiger partial charge in [0.1, 0.15) is 5.60 Å². The first-order chi connectivity index (χ1) is 18.0. The molecule has 0 spiro atoms. The lowest BCUT2D eigenvalue weighted by Gasteiger charge is -2.36. The Balaban J connectivity index is 1.22. The van der Waals surface area contributed by atoms with E-state index in [9.17, 15) is 9.59 Å². The van der Waals surface area contributed by atoms with Crippen molar-refractivity contribution in [1.29, 1.82) is 0 Å². The highest BCUT2D eigenvalue weighted by Crippen LogP contribution is 2.38. The number of nitrogens with zero attached hydrogens (tertiary/aromatic N) is 3. The van der Waals surface area contributed by atoms with Crippen LogP contribution in [0.4, 0.5) is 0 Å². The summed E-state index contributed by atoms with van der Waals surface area (Å²) in [5.41, 5.74) is 2.34. The minimum absolute atomic E-state index is 0.0767. The van der Waals surface area contributed by atoms with Gasteiger partial charge in [0.05, 0.1) is 12.6 Å². The average Bonchev–Trinajstić information content (AvgIpc) is 3.54. The van der Waals surface area contributed by atoms with Crippen molar-refractivity contribution >= 4 is 23.3 Å². The fraction of sp³-hybridized carbons (Fsp3) is 0.357. The van der Waals surface area contributed by atoms with Gasteiger partial charge in [0.15, 0.2) is 5.82 Å². The Morgan fingerprint density at radius 3 is 2.76 bits per heavy atom. The Hall–Kier alpha value is -3.49. The zero-order chi connectivity index (χ0) is 25.4. The number of aromatic nitrogens is 4. The maximum absolute atomic E-state index is 13.7. The van der Waals surface area contributed by atoms with Gasteiger partial charge in [-0.15, -0.1) is 5.10 Å². The molecular formula is C28H28ClN5O3. The minimum atomic E-state index is -0.939. The molecule has 37 heavy (non-hydrogen) atoms. The second-order valence-electron chi connectivity index (χ2n) is 9.89. The highest BCUT2D eigenvalue weighted by Gasteiger charge is 2.42. The van der Waals surface area contributed by atoms with E-state index in [0.717, 1.165) is 53.8 Å². The molecule has 0 aliphatic heterocycles. The maximum Gasteiger partial charge on any atom is 0.275 e. The highest BCUT2D eigenvalue weighted by molar-refractivity contribution is 6.31. The van der Waals surface area contributed by atoms with Crippen LogP contribution in [-0.4, -0.2) is 31.1 Å². The summed E-state index contributed by atoms with van der Waals surface area (Å²) in [6.45, 7) is 0.0970. The van der Waals surface area contributed by atoms with Gasteiger partial charge in [-0.2, -0.15) is 9.50 Å². The molecule has 1 fully saturated rings. The number of carbonyl (C=O) groups is 1. The third kappa shape index (κ3) is 4.55. The molecule has 1 amide bonds.